The molecule has 108 valence electrons. The van der Waals surface area contributed by atoms with Gasteiger partial charge in [0.15, 0.2) is 0 Å². The van der Waals surface area contributed by atoms with Crippen LogP contribution in [0.1, 0.15) is 13.3 Å². The molecule has 1 amide bonds. The predicted molar refractivity (Wildman–Crippen MR) is 83.4 cm³/mol. The minimum absolute atomic E-state index is 0.00931. The topological polar surface area (TPSA) is 70.2 Å². The van der Waals surface area contributed by atoms with Crippen molar-refractivity contribution < 1.29 is 4.79 Å². The standard InChI is InChI=1S/C13H19N5OS/c1-4-6-14-13-16-11(15-8-10(19)18(2)3)9-5-7-20-12(9)17-13/h5,7H,4,6,8H2,1-3H3,(H2,14,15,16,17). The van der Waals surface area contributed by atoms with Gasteiger partial charge in [0, 0.05) is 20.6 Å². The van der Waals surface area contributed by atoms with Crippen LogP contribution in [-0.2, 0) is 4.79 Å². The zero-order chi connectivity index (χ0) is 14.5. The Kier molecular flexibility index (Phi) is 4.73. The molecule has 2 rings (SSSR count). The predicted octanol–water partition coefficient (Wildman–Crippen LogP) is 2.01. The van der Waals surface area contributed by atoms with E-state index in [1.165, 1.54) is 0 Å². The first-order valence-corrected chi connectivity index (χ1v) is 7.43. The molecule has 0 unspecified atom stereocenters. The molecule has 0 aromatic carbocycles. The number of anilines is 2. The van der Waals surface area contributed by atoms with Gasteiger partial charge >= 0.3 is 0 Å². The molecule has 0 atom stereocenters. The normalized spacial score (nSPS) is 10.6. The van der Waals surface area contributed by atoms with Gasteiger partial charge in [-0.2, -0.15) is 4.98 Å². The van der Waals surface area contributed by atoms with Gasteiger partial charge in [0.2, 0.25) is 11.9 Å². The second-order valence-electron chi connectivity index (χ2n) is 4.60. The van der Waals surface area contributed by atoms with E-state index >= 15 is 0 Å². The van der Waals surface area contributed by atoms with Crippen LogP contribution in [0.4, 0.5) is 11.8 Å². The fraction of sp³-hybridized carbons (Fsp3) is 0.462. The number of thiophene rings is 1. The molecule has 0 saturated carbocycles. The van der Waals surface area contributed by atoms with Crippen molar-refractivity contribution in [1.29, 1.82) is 0 Å². The van der Waals surface area contributed by atoms with Crippen molar-refractivity contribution in [3.05, 3.63) is 11.4 Å². The van der Waals surface area contributed by atoms with Crippen LogP contribution in [0, 0.1) is 0 Å². The molecule has 0 fully saturated rings. The summed E-state index contributed by atoms with van der Waals surface area (Å²) in [6.45, 7) is 3.14. The van der Waals surface area contributed by atoms with Crippen LogP contribution < -0.4 is 10.6 Å². The summed E-state index contributed by atoms with van der Waals surface area (Å²) in [6, 6.07) is 1.96. The number of likely N-dealkylation sites (N-methyl/N-ethyl adjacent to an activating group) is 1. The highest BCUT2D eigenvalue weighted by atomic mass is 32.1. The maximum Gasteiger partial charge on any atom is 0.241 e. The van der Waals surface area contributed by atoms with Crippen molar-refractivity contribution in [3.8, 4) is 0 Å². The molecular weight excluding hydrogens is 274 g/mol. The molecule has 0 bridgehead atoms. The Morgan fingerprint density at radius 2 is 2.15 bits per heavy atom. The Labute approximate surface area is 122 Å². The van der Waals surface area contributed by atoms with Gasteiger partial charge in [-0.3, -0.25) is 4.79 Å². The maximum atomic E-state index is 11.7. The second-order valence-corrected chi connectivity index (χ2v) is 5.50. The van der Waals surface area contributed by atoms with E-state index in [9.17, 15) is 4.79 Å². The quantitative estimate of drug-likeness (QED) is 0.852. The Bertz CT molecular complexity index is 595. The van der Waals surface area contributed by atoms with E-state index in [1.54, 1.807) is 30.3 Å². The Morgan fingerprint density at radius 3 is 2.85 bits per heavy atom. The summed E-state index contributed by atoms with van der Waals surface area (Å²) < 4.78 is 0. The molecule has 2 aromatic heterocycles. The van der Waals surface area contributed by atoms with Gasteiger partial charge < -0.3 is 15.5 Å². The van der Waals surface area contributed by atoms with Crippen molar-refractivity contribution >= 4 is 39.2 Å². The highest BCUT2D eigenvalue weighted by Gasteiger charge is 2.10. The zero-order valence-electron chi connectivity index (χ0n) is 11.9. The summed E-state index contributed by atoms with van der Waals surface area (Å²) in [6.07, 6.45) is 1.01. The minimum atomic E-state index is 0.00931. The van der Waals surface area contributed by atoms with Crippen molar-refractivity contribution in [3.63, 3.8) is 0 Å². The van der Waals surface area contributed by atoms with E-state index < -0.39 is 0 Å². The molecule has 2 heterocycles. The van der Waals surface area contributed by atoms with Gasteiger partial charge in [-0.1, -0.05) is 6.92 Å². The molecule has 0 spiro atoms. The number of aromatic nitrogens is 2. The van der Waals surface area contributed by atoms with Crippen molar-refractivity contribution in [1.82, 2.24) is 14.9 Å². The summed E-state index contributed by atoms with van der Waals surface area (Å²) >= 11 is 1.56. The van der Waals surface area contributed by atoms with Crippen LogP contribution >= 0.6 is 11.3 Å². The third-order valence-corrected chi connectivity index (χ3v) is 3.57. The van der Waals surface area contributed by atoms with E-state index in [0.717, 1.165) is 23.2 Å². The largest absolute Gasteiger partial charge is 0.360 e. The fourth-order valence-electron chi connectivity index (χ4n) is 1.62. The molecule has 0 saturated heterocycles. The summed E-state index contributed by atoms with van der Waals surface area (Å²) in [4.78, 5) is 23.0. The fourth-order valence-corrected chi connectivity index (χ4v) is 2.39. The molecule has 7 heteroatoms. The number of hydrogen-bond acceptors (Lipinski definition) is 6. The minimum Gasteiger partial charge on any atom is -0.360 e. The van der Waals surface area contributed by atoms with Gasteiger partial charge in [-0.25, -0.2) is 4.98 Å². The Hall–Kier alpha value is -1.89. The first-order valence-electron chi connectivity index (χ1n) is 6.55. The third kappa shape index (κ3) is 3.36. The molecule has 2 N–H and O–H groups in total. The van der Waals surface area contributed by atoms with Crippen LogP contribution in [0.2, 0.25) is 0 Å². The molecule has 0 aliphatic carbocycles. The lowest BCUT2D eigenvalue weighted by Gasteiger charge is -2.12. The Balaban J connectivity index is 2.21. The van der Waals surface area contributed by atoms with E-state index in [2.05, 4.69) is 27.5 Å². The highest BCUT2D eigenvalue weighted by Crippen LogP contribution is 2.26. The smallest absolute Gasteiger partial charge is 0.241 e. The van der Waals surface area contributed by atoms with Crippen molar-refractivity contribution in [2.75, 3.05) is 37.8 Å². The second kappa shape index (κ2) is 6.51. The van der Waals surface area contributed by atoms with Crippen LogP contribution in [0.3, 0.4) is 0 Å². The molecule has 0 aliphatic rings. The van der Waals surface area contributed by atoms with Gasteiger partial charge in [-0.05, 0) is 17.9 Å². The highest BCUT2D eigenvalue weighted by molar-refractivity contribution is 7.16. The van der Waals surface area contributed by atoms with Gasteiger partial charge in [0.25, 0.3) is 0 Å². The lowest BCUT2D eigenvalue weighted by atomic mass is 10.3. The van der Waals surface area contributed by atoms with E-state index in [4.69, 9.17) is 0 Å². The van der Waals surface area contributed by atoms with Crippen LogP contribution in [-0.4, -0.2) is 48.0 Å². The molecule has 0 aliphatic heterocycles. The van der Waals surface area contributed by atoms with Crippen LogP contribution in [0.25, 0.3) is 10.2 Å². The van der Waals surface area contributed by atoms with Crippen LogP contribution in [0.5, 0.6) is 0 Å². The maximum absolute atomic E-state index is 11.7. The number of nitrogens with zero attached hydrogens (tertiary/aromatic N) is 3. The first kappa shape index (κ1) is 14.5. The SMILES string of the molecule is CCCNc1nc(NCC(=O)N(C)C)c2ccsc2n1. The van der Waals surface area contributed by atoms with Gasteiger partial charge in [0.1, 0.15) is 10.6 Å². The lowest BCUT2D eigenvalue weighted by molar-refractivity contribution is -0.126. The molecule has 2 aromatic rings. The number of carbonyl (C=O) groups excluding carboxylic acids is 1. The van der Waals surface area contributed by atoms with Crippen molar-refractivity contribution in [2.45, 2.75) is 13.3 Å². The lowest BCUT2D eigenvalue weighted by Crippen LogP contribution is -2.28. The number of fused-ring (bicyclic) bond motifs is 1. The van der Waals surface area contributed by atoms with Crippen LogP contribution in [0.15, 0.2) is 11.4 Å². The van der Waals surface area contributed by atoms with E-state index in [0.29, 0.717) is 11.8 Å². The molecule has 6 nitrogen and oxygen atoms in total. The average molecular weight is 293 g/mol. The summed E-state index contributed by atoms with van der Waals surface area (Å²) in [7, 11) is 3.47. The number of rotatable bonds is 6. The van der Waals surface area contributed by atoms with E-state index in [1.807, 2.05) is 11.4 Å². The number of hydrogen-bond donors (Lipinski definition) is 2. The molecule has 20 heavy (non-hydrogen) atoms. The monoisotopic (exact) mass is 293 g/mol. The number of amides is 1. The van der Waals surface area contributed by atoms with Gasteiger partial charge in [0.05, 0.1) is 11.9 Å². The third-order valence-electron chi connectivity index (χ3n) is 2.76. The summed E-state index contributed by atoms with van der Waals surface area (Å²) in [5.74, 6) is 1.31. The van der Waals surface area contributed by atoms with Gasteiger partial charge in [-0.15, -0.1) is 11.3 Å². The molecule has 0 radical (unpaired) electrons. The Morgan fingerprint density at radius 1 is 1.35 bits per heavy atom. The first-order chi connectivity index (χ1) is 9.61. The zero-order valence-corrected chi connectivity index (χ0v) is 12.8. The molecular formula is C13H19N5OS. The number of carbonyl (C=O) groups is 1. The summed E-state index contributed by atoms with van der Waals surface area (Å²) in [5.41, 5.74) is 0. The number of nitrogens with one attached hydrogen (secondary N) is 2. The average Bonchev–Trinajstić information content (AvgIpc) is 2.90. The van der Waals surface area contributed by atoms with Crippen molar-refractivity contribution in [2.24, 2.45) is 0 Å². The van der Waals surface area contributed by atoms with E-state index in [-0.39, 0.29) is 12.5 Å². The summed E-state index contributed by atoms with van der Waals surface area (Å²) in [5, 5.41) is 9.19.